The Hall–Kier alpha value is -1.53. The van der Waals surface area contributed by atoms with Crippen LogP contribution in [0.2, 0.25) is 0 Å². The van der Waals surface area contributed by atoms with Gasteiger partial charge in [-0.1, -0.05) is 0 Å². The third-order valence-electron chi connectivity index (χ3n) is 3.34. The summed E-state index contributed by atoms with van der Waals surface area (Å²) in [4.78, 5) is 2.39. The summed E-state index contributed by atoms with van der Waals surface area (Å²) >= 11 is 0. The van der Waals surface area contributed by atoms with Crippen LogP contribution in [-0.2, 0) is 0 Å². The Bertz CT molecular complexity index is 391. The van der Waals surface area contributed by atoms with E-state index in [9.17, 15) is 0 Å². The molecule has 1 aromatic carbocycles. The van der Waals surface area contributed by atoms with Gasteiger partial charge in [0, 0.05) is 11.7 Å². The molecule has 1 aliphatic rings. The van der Waals surface area contributed by atoms with Crippen LogP contribution in [0.5, 0.6) is 0 Å². The number of hydrogen-bond acceptors (Lipinski definition) is 3. The molecule has 1 heterocycles. The second-order valence-electron chi connectivity index (χ2n) is 4.76. The smallest absolute Gasteiger partial charge is 0.0991 e. The molecule has 0 radical (unpaired) electrons. The van der Waals surface area contributed by atoms with Crippen molar-refractivity contribution in [1.29, 1.82) is 5.26 Å². The lowest BCUT2D eigenvalue weighted by Gasteiger charge is -2.18. The molecule has 3 nitrogen and oxygen atoms in total. The predicted molar refractivity (Wildman–Crippen MR) is 69.9 cm³/mol. The molecule has 1 N–H and O–H groups in total. The van der Waals surface area contributed by atoms with Crippen molar-refractivity contribution in [2.24, 2.45) is 0 Å². The van der Waals surface area contributed by atoms with Crippen LogP contribution in [-0.4, -0.2) is 31.1 Å². The Labute approximate surface area is 103 Å². The molecule has 90 valence electrons. The van der Waals surface area contributed by atoms with Crippen molar-refractivity contribution < 1.29 is 0 Å². The Kier molecular flexibility index (Phi) is 4.00. The maximum absolute atomic E-state index is 8.74. The zero-order valence-corrected chi connectivity index (χ0v) is 10.3. The second-order valence-corrected chi connectivity index (χ2v) is 4.76. The van der Waals surface area contributed by atoms with E-state index in [-0.39, 0.29) is 0 Å². The van der Waals surface area contributed by atoms with Crippen LogP contribution in [0.3, 0.4) is 0 Å². The van der Waals surface area contributed by atoms with E-state index in [4.69, 9.17) is 5.26 Å². The summed E-state index contributed by atoms with van der Waals surface area (Å²) in [5, 5.41) is 12.3. The van der Waals surface area contributed by atoms with Crippen LogP contribution in [0, 0.1) is 11.3 Å². The predicted octanol–water partition coefficient (Wildman–Crippen LogP) is 2.45. The fourth-order valence-corrected chi connectivity index (χ4v) is 2.26. The molecule has 1 atom stereocenters. The third-order valence-corrected chi connectivity index (χ3v) is 3.34. The van der Waals surface area contributed by atoms with Crippen molar-refractivity contribution >= 4 is 5.69 Å². The highest BCUT2D eigenvalue weighted by atomic mass is 15.1. The van der Waals surface area contributed by atoms with E-state index in [1.165, 1.54) is 25.8 Å². The molecular formula is C14H19N3. The monoisotopic (exact) mass is 229 g/mol. The van der Waals surface area contributed by atoms with Gasteiger partial charge in [0.2, 0.25) is 0 Å². The fraction of sp³-hybridized carbons (Fsp3) is 0.500. The number of rotatable bonds is 2. The van der Waals surface area contributed by atoms with Gasteiger partial charge in [-0.25, -0.2) is 0 Å². The Morgan fingerprint density at radius 3 is 2.71 bits per heavy atom. The van der Waals surface area contributed by atoms with Crippen molar-refractivity contribution in [3.8, 4) is 6.07 Å². The summed E-state index contributed by atoms with van der Waals surface area (Å²) in [6.07, 6.45) is 3.67. The zero-order valence-electron chi connectivity index (χ0n) is 10.3. The van der Waals surface area contributed by atoms with E-state index in [2.05, 4.69) is 23.3 Å². The molecule has 17 heavy (non-hydrogen) atoms. The van der Waals surface area contributed by atoms with Gasteiger partial charge in [0.1, 0.15) is 0 Å². The molecule has 0 aliphatic carbocycles. The van der Waals surface area contributed by atoms with Crippen molar-refractivity contribution in [2.45, 2.75) is 25.3 Å². The maximum Gasteiger partial charge on any atom is 0.0991 e. The number of nitrogens with zero attached hydrogens (tertiary/aromatic N) is 2. The average Bonchev–Trinajstić information content (AvgIpc) is 2.56. The van der Waals surface area contributed by atoms with Crippen molar-refractivity contribution in [1.82, 2.24) is 4.90 Å². The van der Waals surface area contributed by atoms with Gasteiger partial charge in [-0.15, -0.1) is 0 Å². The number of nitriles is 1. The number of nitrogens with one attached hydrogen (secondary N) is 1. The van der Waals surface area contributed by atoms with Gasteiger partial charge < -0.3 is 10.2 Å². The summed E-state index contributed by atoms with van der Waals surface area (Å²) < 4.78 is 0. The van der Waals surface area contributed by atoms with Gasteiger partial charge in [0.15, 0.2) is 0 Å². The summed E-state index contributed by atoms with van der Waals surface area (Å²) in [5.41, 5.74) is 1.84. The lowest BCUT2D eigenvalue weighted by molar-refractivity contribution is 0.348. The van der Waals surface area contributed by atoms with Crippen molar-refractivity contribution in [3.63, 3.8) is 0 Å². The minimum atomic E-state index is 0.563. The molecule has 3 heteroatoms. The van der Waals surface area contributed by atoms with Crippen LogP contribution >= 0.6 is 0 Å². The van der Waals surface area contributed by atoms with Crippen LogP contribution in [0.15, 0.2) is 24.3 Å². The van der Waals surface area contributed by atoms with E-state index in [0.29, 0.717) is 6.04 Å². The van der Waals surface area contributed by atoms with Gasteiger partial charge in [-0.2, -0.15) is 5.26 Å². The topological polar surface area (TPSA) is 39.1 Å². The largest absolute Gasteiger partial charge is 0.382 e. The highest BCUT2D eigenvalue weighted by Crippen LogP contribution is 2.16. The van der Waals surface area contributed by atoms with Gasteiger partial charge in [-0.3, -0.25) is 0 Å². The zero-order chi connectivity index (χ0) is 12.1. The molecule has 0 bridgehead atoms. The van der Waals surface area contributed by atoms with E-state index in [1.54, 1.807) is 0 Å². The number of likely N-dealkylation sites (tertiary alicyclic amines) is 1. The van der Waals surface area contributed by atoms with Crippen molar-refractivity contribution in [3.05, 3.63) is 29.8 Å². The summed E-state index contributed by atoms with van der Waals surface area (Å²) in [6.45, 7) is 2.36. The number of anilines is 1. The molecule has 1 aliphatic heterocycles. The normalized spacial score (nSPS) is 21.5. The van der Waals surface area contributed by atoms with Crippen molar-refractivity contribution in [2.75, 3.05) is 25.5 Å². The standard InChI is InChI=1S/C14H19N3/c1-17-9-2-3-13(8-10-17)16-14-6-4-12(11-15)5-7-14/h4-7,13,16H,2-3,8-10H2,1H3. The fourth-order valence-electron chi connectivity index (χ4n) is 2.26. The second kappa shape index (κ2) is 5.70. The van der Waals surface area contributed by atoms with Gasteiger partial charge in [0.05, 0.1) is 11.6 Å². The molecule has 0 amide bonds. The van der Waals surface area contributed by atoms with Gasteiger partial charge in [-0.05, 0) is 63.7 Å². The highest BCUT2D eigenvalue weighted by molar-refractivity contribution is 5.47. The molecule has 1 saturated heterocycles. The van der Waals surface area contributed by atoms with Crippen LogP contribution < -0.4 is 5.32 Å². The molecule has 1 unspecified atom stereocenters. The SMILES string of the molecule is CN1CCCC(Nc2ccc(C#N)cc2)CC1. The molecule has 1 aromatic rings. The molecular weight excluding hydrogens is 210 g/mol. The Morgan fingerprint density at radius 1 is 1.24 bits per heavy atom. The van der Waals surface area contributed by atoms with E-state index in [0.717, 1.165) is 17.8 Å². The minimum Gasteiger partial charge on any atom is -0.382 e. The first-order valence-corrected chi connectivity index (χ1v) is 6.23. The molecule has 1 fully saturated rings. The van der Waals surface area contributed by atoms with Gasteiger partial charge in [0.25, 0.3) is 0 Å². The lowest BCUT2D eigenvalue weighted by atomic mass is 10.1. The maximum atomic E-state index is 8.74. The molecule has 0 aromatic heterocycles. The van der Waals surface area contributed by atoms with Crippen LogP contribution in [0.1, 0.15) is 24.8 Å². The van der Waals surface area contributed by atoms with E-state index in [1.807, 2.05) is 24.3 Å². The molecule has 2 rings (SSSR count). The average molecular weight is 229 g/mol. The highest BCUT2D eigenvalue weighted by Gasteiger charge is 2.14. The molecule has 0 saturated carbocycles. The Balaban J connectivity index is 1.93. The van der Waals surface area contributed by atoms with E-state index < -0.39 is 0 Å². The van der Waals surface area contributed by atoms with Gasteiger partial charge >= 0.3 is 0 Å². The van der Waals surface area contributed by atoms with Crippen LogP contribution in [0.4, 0.5) is 5.69 Å². The number of benzene rings is 1. The third kappa shape index (κ3) is 3.47. The minimum absolute atomic E-state index is 0.563. The first kappa shape index (κ1) is 11.9. The quantitative estimate of drug-likeness (QED) is 0.846. The van der Waals surface area contributed by atoms with E-state index >= 15 is 0 Å². The van der Waals surface area contributed by atoms with Crippen LogP contribution in [0.25, 0.3) is 0 Å². The first-order valence-electron chi connectivity index (χ1n) is 6.23. The summed E-state index contributed by atoms with van der Waals surface area (Å²) in [6, 6.07) is 10.4. The summed E-state index contributed by atoms with van der Waals surface area (Å²) in [7, 11) is 2.18. The Morgan fingerprint density at radius 2 is 2.00 bits per heavy atom. The molecule has 0 spiro atoms. The summed E-state index contributed by atoms with van der Waals surface area (Å²) in [5.74, 6) is 0. The first-order chi connectivity index (χ1) is 8.28. The lowest BCUT2D eigenvalue weighted by Crippen LogP contribution is -2.22. The number of hydrogen-bond donors (Lipinski definition) is 1.